The van der Waals surface area contributed by atoms with Crippen LogP contribution in [0.1, 0.15) is 118 Å². The van der Waals surface area contributed by atoms with Gasteiger partial charge in [-0.3, -0.25) is 0 Å². The normalized spacial score (nSPS) is 13.0. The van der Waals surface area contributed by atoms with Gasteiger partial charge >= 0.3 is 0 Å². The van der Waals surface area contributed by atoms with Crippen LogP contribution in [0, 0.1) is 5.92 Å². The van der Waals surface area contributed by atoms with E-state index in [0.717, 1.165) is 5.92 Å². The summed E-state index contributed by atoms with van der Waals surface area (Å²) in [7, 11) is 3.19. The smallest absolute Gasteiger partial charge is 0.0127 e. The maximum atomic E-state index is 3.19. The van der Waals surface area contributed by atoms with Crippen LogP contribution in [0.15, 0.2) is 0 Å². The molecule has 0 radical (unpaired) electrons. The Labute approximate surface area is 161 Å². The molecule has 0 saturated heterocycles. The van der Waals surface area contributed by atoms with Gasteiger partial charge in [0.1, 0.15) is 0 Å². The monoisotopic (exact) mass is 442 g/mol. The Balaban J connectivity index is 0. The molecule has 0 aliphatic heterocycles. The number of unbranched alkanes of at least 4 members (excludes halogenated alkanes) is 9. The fourth-order valence-corrected chi connectivity index (χ4v) is 4.01. The molecule has 0 aromatic heterocycles. The Kier molecular flexibility index (Phi) is 19.6. The van der Waals surface area contributed by atoms with Crippen molar-refractivity contribution in [2.75, 3.05) is 0 Å². The molecule has 2 unspecified atom stereocenters. The lowest BCUT2D eigenvalue weighted by Crippen LogP contribution is -2.29. The van der Waals surface area contributed by atoms with Crippen LogP contribution in [0.4, 0.5) is 0 Å². The number of hydrogen-bond donors (Lipinski definition) is 0. The van der Waals surface area contributed by atoms with E-state index in [2.05, 4.69) is 36.9 Å². The molecule has 0 aromatic carbocycles. The van der Waals surface area contributed by atoms with Gasteiger partial charge in [0.15, 0.2) is 0 Å². The van der Waals surface area contributed by atoms with Gasteiger partial charge in [0, 0.05) is 0 Å². The van der Waals surface area contributed by atoms with Crippen molar-refractivity contribution in [3.05, 3.63) is 0 Å². The molecule has 0 aromatic rings. The summed E-state index contributed by atoms with van der Waals surface area (Å²) in [5, 5.41) is 0.508. The molecule has 2 atom stereocenters. The molecule has 0 aliphatic rings. The van der Waals surface area contributed by atoms with Crippen molar-refractivity contribution >= 4 is 33.2 Å². The Morgan fingerprint density at radius 3 is 1.45 bits per heavy atom. The van der Waals surface area contributed by atoms with Gasteiger partial charge in [-0.25, -0.2) is 0 Å². The molecule has 0 heterocycles. The van der Waals surface area contributed by atoms with E-state index >= 15 is 0 Å². The average molecular weight is 442 g/mol. The predicted octanol–water partition coefficient (Wildman–Crippen LogP) is 8.38. The third kappa shape index (κ3) is 11.7. The predicted molar refractivity (Wildman–Crippen MR) is 119 cm³/mol. The lowest BCUT2D eigenvalue weighted by molar-refractivity contribution is 0.313. The van der Waals surface area contributed by atoms with Crippen molar-refractivity contribution in [2.45, 2.75) is 123 Å². The summed E-state index contributed by atoms with van der Waals surface area (Å²) in [6, 6.07) is 0. The molecule has 0 fully saturated rings. The zero-order valence-corrected chi connectivity index (χ0v) is 19.4. The summed E-state index contributed by atoms with van der Waals surface area (Å²) in [6.45, 7) is 9.39. The maximum Gasteiger partial charge on any atom is -0.0127 e. The molecule has 0 aliphatic carbocycles. The molecule has 0 spiro atoms. The minimum Gasteiger partial charge on any atom is -0.131 e. The molecule has 0 nitrogen and oxygen atoms in total. The first-order valence-corrected chi connectivity index (χ1v) is 10.5. The highest BCUT2D eigenvalue weighted by molar-refractivity contribution is 14.0. The maximum absolute atomic E-state index is 3.19. The van der Waals surface area contributed by atoms with Crippen LogP contribution in [0.2, 0.25) is 0 Å². The summed E-state index contributed by atoms with van der Waals surface area (Å²) in [4.78, 5) is 0. The van der Waals surface area contributed by atoms with Crippen molar-refractivity contribution < 1.29 is 0 Å². The summed E-state index contributed by atoms with van der Waals surface area (Å²) in [6.07, 6.45) is 19.9. The number of hydrogen-bond acceptors (Lipinski definition) is 0. The molecule has 0 amide bonds. The largest absolute Gasteiger partial charge is 0.131 e. The third-order valence-corrected chi connectivity index (χ3v) is 6.82. The zero-order chi connectivity index (χ0) is 16.0. The van der Waals surface area contributed by atoms with Crippen LogP contribution >= 0.6 is 33.2 Å². The summed E-state index contributed by atoms with van der Waals surface area (Å²) in [5.74, 6) is 0.909. The van der Waals surface area contributed by atoms with Gasteiger partial charge in [-0.2, -0.15) is 0 Å². The van der Waals surface area contributed by atoms with Crippen molar-refractivity contribution in [1.29, 1.82) is 0 Å². The fraction of sp³-hybridized carbons (Fsp3) is 1.00. The van der Waals surface area contributed by atoms with E-state index < -0.39 is 0 Å². The van der Waals surface area contributed by atoms with Crippen molar-refractivity contribution in [1.82, 2.24) is 0 Å². The highest BCUT2D eigenvalue weighted by atomic mass is 127. The Hall–Kier alpha value is 1.16. The second-order valence-corrected chi connectivity index (χ2v) is 8.17. The van der Waals surface area contributed by atoms with Crippen LogP contribution in [-0.2, 0) is 0 Å². The lowest BCUT2D eigenvalue weighted by atomic mass is 9.81. The quantitative estimate of drug-likeness (QED) is 0.136. The molecular weight excluding hydrogens is 398 g/mol. The molecule has 22 heavy (non-hydrogen) atoms. The van der Waals surface area contributed by atoms with E-state index in [1.165, 1.54) is 89.9 Å². The van der Waals surface area contributed by atoms with E-state index in [0.29, 0.717) is 5.16 Å². The van der Waals surface area contributed by atoms with E-state index in [-0.39, 0.29) is 24.0 Å². The fourth-order valence-electron chi connectivity index (χ4n) is 3.60. The van der Waals surface area contributed by atoms with Gasteiger partial charge in [-0.15, -0.1) is 33.2 Å². The topological polar surface area (TPSA) is 0 Å². The molecule has 0 bridgehead atoms. The van der Waals surface area contributed by atoms with Crippen LogP contribution in [0.25, 0.3) is 0 Å². The molecule has 0 rings (SSSR count). The second kappa shape index (κ2) is 17.0. The molecule has 2 heteroatoms. The molecular formula is C20H44IP. The summed E-state index contributed by atoms with van der Waals surface area (Å²) in [5.41, 5.74) is 0. The summed E-state index contributed by atoms with van der Waals surface area (Å²) >= 11 is 0. The first-order chi connectivity index (χ1) is 10.1. The first-order valence-electron chi connectivity index (χ1n) is 9.93. The second-order valence-electron chi connectivity index (χ2n) is 7.02. The van der Waals surface area contributed by atoms with E-state index in [1.807, 2.05) is 0 Å². The van der Waals surface area contributed by atoms with Gasteiger partial charge in [0.05, 0.1) is 0 Å². The minimum absolute atomic E-state index is 0. The number of rotatable bonds is 15. The summed E-state index contributed by atoms with van der Waals surface area (Å²) < 4.78 is 0. The Morgan fingerprint density at radius 2 is 1.09 bits per heavy atom. The van der Waals surface area contributed by atoms with Crippen LogP contribution in [-0.4, -0.2) is 5.16 Å². The minimum atomic E-state index is 0. The highest BCUT2D eigenvalue weighted by Crippen LogP contribution is 2.39. The van der Waals surface area contributed by atoms with Crippen LogP contribution in [0.5, 0.6) is 0 Å². The van der Waals surface area contributed by atoms with Gasteiger partial charge in [-0.05, 0) is 30.3 Å². The van der Waals surface area contributed by atoms with Gasteiger partial charge in [0.25, 0.3) is 0 Å². The van der Waals surface area contributed by atoms with Gasteiger partial charge in [-0.1, -0.05) is 98.3 Å². The van der Waals surface area contributed by atoms with E-state index in [1.54, 1.807) is 0 Å². The standard InChI is InChI=1S/C20H43P.HI/c1-5-9-10-11-12-13-14-15-16-17-18-19(6-2)20(21,7-3)8-4;/h19H,5-18,21H2,1-4H3;1H. The van der Waals surface area contributed by atoms with Crippen LogP contribution < -0.4 is 0 Å². The van der Waals surface area contributed by atoms with Crippen molar-refractivity contribution in [2.24, 2.45) is 5.92 Å². The van der Waals surface area contributed by atoms with E-state index in [4.69, 9.17) is 0 Å². The molecule has 0 N–H and O–H groups in total. The zero-order valence-electron chi connectivity index (χ0n) is 16.0. The van der Waals surface area contributed by atoms with Gasteiger partial charge in [0.2, 0.25) is 0 Å². The van der Waals surface area contributed by atoms with Crippen molar-refractivity contribution in [3.8, 4) is 0 Å². The van der Waals surface area contributed by atoms with Crippen molar-refractivity contribution in [3.63, 3.8) is 0 Å². The average Bonchev–Trinajstić information content (AvgIpc) is 2.52. The Morgan fingerprint density at radius 1 is 0.682 bits per heavy atom. The van der Waals surface area contributed by atoms with Crippen LogP contribution in [0.3, 0.4) is 0 Å². The first kappa shape index (κ1) is 25.4. The lowest BCUT2D eigenvalue weighted by Gasteiger charge is -2.36. The van der Waals surface area contributed by atoms with E-state index in [9.17, 15) is 0 Å². The molecule has 0 saturated carbocycles. The third-order valence-electron chi connectivity index (χ3n) is 5.53. The SMILES string of the molecule is CCCCCCCCCCCCC(CC)C(P)(CC)CC.I. The molecule has 136 valence electrons. The number of halogens is 1. The Bertz CT molecular complexity index is 214. The van der Waals surface area contributed by atoms with Gasteiger partial charge < -0.3 is 0 Å². The highest BCUT2D eigenvalue weighted by Gasteiger charge is 2.28.